The molecule has 6 aromatic rings. The normalized spacial score (nSPS) is 22.3. The van der Waals surface area contributed by atoms with E-state index in [1.807, 2.05) is 0 Å². The maximum absolute atomic E-state index is 5.07. The quantitative estimate of drug-likeness (QED) is 0.152. The van der Waals surface area contributed by atoms with E-state index >= 15 is 0 Å². The van der Waals surface area contributed by atoms with Crippen LogP contribution in [-0.4, -0.2) is 53.9 Å². The van der Waals surface area contributed by atoms with Gasteiger partial charge in [-0.2, -0.15) is 0 Å². The maximum Gasteiger partial charge on any atom is 0.121 e. The van der Waals surface area contributed by atoms with E-state index in [4.69, 9.17) is 9.97 Å². The molecule has 2 aliphatic heterocycles. The fourth-order valence-electron chi connectivity index (χ4n) is 8.50. The minimum atomic E-state index is -0.0777. The van der Waals surface area contributed by atoms with Crippen molar-refractivity contribution >= 4 is 22.1 Å². The van der Waals surface area contributed by atoms with Gasteiger partial charge in [0.1, 0.15) is 11.6 Å². The van der Waals surface area contributed by atoms with E-state index in [2.05, 4.69) is 129 Å². The molecular formula is C38H40HfN6. The molecule has 7 heteroatoms. The van der Waals surface area contributed by atoms with Crippen LogP contribution in [0.25, 0.3) is 22.1 Å². The molecular weight excluding hydrogens is 719 g/mol. The maximum atomic E-state index is 5.07. The zero-order valence-electron chi connectivity index (χ0n) is 25.8. The van der Waals surface area contributed by atoms with Gasteiger partial charge in [-0.05, 0) is 87.0 Å². The summed E-state index contributed by atoms with van der Waals surface area (Å²) in [4.78, 5) is 23.1. The van der Waals surface area contributed by atoms with Gasteiger partial charge in [-0.25, -0.2) is 9.97 Å². The summed E-state index contributed by atoms with van der Waals surface area (Å²) in [6.07, 6.45) is 6.70. The van der Waals surface area contributed by atoms with Crippen molar-refractivity contribution in [2.45, 2.75) is 62.7 Å². The van der Waals surface area contributed by atoms with Gasteiger partial charge in [0.15, 0.2) is 0 Å². The van der Waals surface area contributed by atoms with E-state index in [0.29, 0.717) is 0 Å². The van der Waals surface area contributed by atoms with Crippen molar-refractivity contribution in [2.75, 3.05) is 13.1 Å². The minimum absolute atomic E-state index is 0. The molecule has 0 radical (unpaired) electrons. The van der Waals surface area contributed by atoms with Gasteiger partial charge in [-0.3, -0.25) is 9.80 Å². The van der Waals surface area contributed by atoms with Gasteiger partial charge in [-0.1, -0.05) is 84.9 Å². The Balaban J connectivity index is 0.00000325. The molecule has 226 valence electrons. The van der Waals surface area contributed by atoms with Crippen LogP contribution in [0, 0.1) is 0 Å². The SMILES string of the molecule is [Hf].c1ccc(C[C@]2([C@@]3(Cc4ccccc4)CCCN3Cc3nc4ccccc4[nH]3)CCCN2Cc2nc3ccccc3[nH]2)cc1. The topological polar surface area (TPSA) is 63.8 Å². The Morgan fingerprint density at radius 1 is 0.533 bits per heavy atom. The zero-order valence-corrected chi connectivity index (χ0v) is 29.3. The van der Waals surface area contributed by atoms with Crippen LogP contribution in [0.1, 0.15) is 48.5 Å². The molecule has 0 saturated carbocycles. The van der Waals surface area contributed by atoms with Crippen LogP contribution < -0.4 is 0 Å². The Morgan fingerprint density at radius 3 is 1.36 bits per heavy atom. The molecule has 2 atom stereocenters. The van der Waals surface area contributed by atoms with Crippen molar-refractivity contribution < 1.29 is 25.8 Å². The molecule has 4 heterocycles. The molecule has 0 unspecified atom stereocenters. The Morgan fingerprint density at radius 2 is 0.933 bits per heavy atom. The van der Waals surface area contributed by atoms with Crippen LogP contribution in [0.2, 0.25) is 0 Å². The number of hydrogen-bond donors (Lipinski definition) is 2. The van der Waals surface area contributed by atoms with E-state index in [1.165, 1.54) is 24.0 Å². The second-order valence-electron chi connectivity index (χ2n) is 12.8. The summed E-state index contributed by atoms with van der Waals surface area (Å²) in [5, 5.41) is 0. The molecule has 2 aliphatic rings. The molecule has 2 aromatic heterocycles. The molecule has 0 amide bonds. The standard InChI is InChI=1S/C38H40N6.Hf/c1-3-13-29(14-4-1)25-37(21-11-23-43(37)27-35-39-31-17-7-8-18-32(31)40-35)38(26-30-15-5-2-6-16-30)22-12-24-44(38)28-36-41-33-19-9-10-20-34(33)42-36;/h1-10,13-20H,11-12,21-28H2,(H,39,40)(H,41,42);/t37-,38-;/m0./s1. The minimum Gasteiger partial charge on any atom is -0.341 e. The molecule has 2 N–H and O–H groups in total. The van der Waals surface area contributed by atoms with Crippen molar-refractivity contribution in [1.29, 1.82) is 0 Å². The predicted octanol–water partition coefficient (Wildman–Crippen LogP) is 7.29. The average Bonchev–Trinajstić information content (AvgIpc) is 3.84. The summed E-state index contributed by atoms with van der Waals surface area (Å²) in [5.41, 5.74) is 6.98. The smallest absolute Gasteiger partial charge is 0.121 e. The number of fused-ring (bicyclic) bond motifs is 2. The van der Waals surface area contributed by atoms with Gasteiger partial charge in [0.2, 0.25) is 0 Å². The molecule has 2 saturated heterocycles. The van der Waals surface area contributed by atoms with Gasteiger partial charge < -0.3 is 9.97 Å². The molecule has 2 fully saturated rings. The number of likely N-dealkylation sites (tertiary alicyclic amines) is 2. The van der Waals surface area contributed by atoms with Crippen LogP contribution >= 0.6 is 0 Å². The predicted molar refractivity (Wildman–Crippen MR) is 177 cm³/mol. The molecule has 6 nitrogen and oxygen atoms in total. The number of para-hydroxylation sites is 4. The molecule has 0 aliphatic carbocycles. The van der Waals surface area contributed by atoms with E-state index in [-0.39, 0.29) is 36.9 Å². The number of aromatic nitrogens is 4. The summed E-state index contributed by atoms with van der Waals surface area (Å²) in [5.74, 6) is 2.12. The van der Waals surface area contributed by atoms with Gasteiger partial charge in [-0.15, -0.1) is 0 Å². The molecule has 45 heavy (non-hydrogen) atoms. The third-order valence-electron chi connectivity index (χ3n) is 10.4. The second kappa shape index (κ2) is 12.8. The van der Waals surface area contributed by atoms with Crippen molar-refractivity contribution in [2.24, 2.45) is 0 Å². The summed E-state index contributed by atoms with van der Waals surface area (Å²) < 4.78 is 0. The zero-order chi connectivity index (χ0) is 29.4. The monoisotopic (exact) mass is 760 g/mol. The Hall–Kier alpha value is -3.39. The van der Waals surface area contributed by atoms with Crippen molar-refractivity contribution in [3.8, 4) is 0 Å². The Kier molecular flexibility index (Phi) is 8.60. The third-order valence-corrected chi connectivity index (χ3v) is 10.4. The number of nitrogens with one attached hydrogen (secondary N) is 2. The van der Waals surface area contributed by atoms with Crippen LogP contribution in [0.4, 0.5) is 0 Å². The summed E-state index contributed by atoms with van der Waals surface area (Å²) in [6.45, 7) is 3.77. The van der Waals surface area contributed by atoms with Gasteiger partial charge in [0.25, 0.3) is 0 Å². The summed E-state index contributed by atoms with van der Waals surface area (Å²) in [6, 6.07) is 39.2. The number of imidazole rings is 2. The van der Waals surface area contributed by atoms with Crippen molar-refractivity contribution in [3.63, 3.8) is 0 Å². The number of rotatable bonds is 9. The van der Waals surface area contributed by atoms with Crippen LogP contribution in [-0.2, 0) is 51.8 Å². The number of H-pyrrole nitrogens is 2. The van der Waals surface area contributed by atoms with E-state index in [1.54, 1.807) is 0 Å². The average molecular weight is 759 g/mol. The first-order valence-electron chi connectivity index (χ1n) is 16.2. The molecule has 0 spiro atoms. The Bertz CT molecular complexity index is 1660. The van der Waals surface area contributed by atoms with Gasteiger partial charge in [0, 0.05) is 36.9 Å². The second-order valence-corrected chi connectivity index (χ2v) is 12.8. The molecule has 4 aromatic carbocycles. The van der Waals surface area contributed by atoms with Crippen molar-refractivity contribution in [1.82, 2.24) is 29.7 Å². The third kappa shape index (κ3) is 5.64. The van der Waals surface area contributed by atoms with E-state index in [9.17, 15) is 0 Å². The first-order valence-corrected chi connectivity index (χ1v) is 16.2. The fourth-order valence-corrected chi connectivity index (χ4v) is 8.50. The van der Waals surface area contributed by atoms with Crippen molar-refractivity contribution in [3.05, 3.63) is 132 Å². The molecule has 8 rings (SSSR count). The van der Waals surface area contributed by atoms with Crippen LogP contribution in [0.5, 0.6) is 0 Å². The summed E-state index contributed by atoms with van der Waals surface area (Å²) in [7, 11) is 0. The number of benzene rings is 4. The first-order chi connectivity index (χ1) is 21.7. The van der Waals surface area contributed by atoms with E-state index < -0.39 is 0 Å². The number of aromatic amines is 2. The Labute approximate surface area is 284 Å². The van der Waals surface area contributed by atoms with Gasteiger partial charge in [0.05, 0.1) is 35.2 Å². The first kappa shape index (κ1) is 30.3. The fraction of sp³-hybridized carbons (Fsp3) is 0.316. The number of nitrogens with zero attached hydrogens (tertiary/aromatic N) is 4. The number of hydrogen-bond acceptors (Lipinski definition) is 4. The largest absolute Gasteiger partial charge is 0.341 e. The van der Waals surface area contributed by atoms with Crippen LogP contribution in [0.3, 0.4) is 0 Å². The summed E-state index contributed by atoms with van der Waals surface area (Å²) >= 11 is 0. The molecule has 0 bridgehead atoms. The van der Waals surface area contributed by atoms with Crippen LogP contribution in [0.15, 0.2) is 109 Å². The van der Waals surface area contributed by atoms with E-state index in [0.717, 1.165) is 85.6 Å². The van der Waals surface area contributed by atoms with Gasteiger partial charge >= 0.3 is 0 Å².